The Morgan fingerprint density at radius 3 is 3.16 bits per heavy atom. The molecular formula is C11H16N4O4. The Bertz CT molecular complexity index is 434. The standard InChI is InChI=1S/C11H16N4O4/c16-10(17)3-9-7-15(1-2-19-9)11(18)12-4-8-5-13-14-6-8/h5-6,9H,1-4,7H2,(H,12,18)(H,13,14)(H,16,17). The highest BCUT2D eigenvalue weighted by molar-refractivity contribution is 5.74. The van der Waals surface area contributed by atoms with Crippen LogP contribution < -0.4 is 5.32 Å². The van der Waals surface area contributed by atoms with Gasteiger partial charge in [-0.25, -0.2) is 4.79 Å². The zero-order chi connectivity index (χ0) is 13.7. The molecule has 0 radical (unpaired) electrons. The summed E-state index contributed by atoms with van der Waals surface area (Å²) in [4.78, 5) is 24.1. The van der Waals surface area contributed by atoms with Gasteiger partial charge in [0.15, 0.2) is 0 Å². The van der Waals surface area contributed by atoms with Crippen molar-refractivity contribution in [3.63, 3.8) is 0 Å². The van der Waals surface area contributed by atoms with E-state index in [0.29, 0.717) is 26.2 Å². The molecule has 1 atom stereocenters. The zero-order valence-corrected chi connectivity index (χ0v) is 10.3. The van der Waals surface area contributed by atoms with Gasteiger partial charge in [0.1, 0.15) is 0 Å². The Morgan fingerprint density at radius 2 is 2.47 bits per heavy atom. The molecule has 1 aromatic heterocycles. The normalized spacial score (nSPS) is 19.2. The first-order valence-electron chi connectivity index (χ1n) is 5.99. The fraction of sp³-hybridized carbons (Fsp3) is 0.545. The molecule has 1 saturated heterocycles. The lowest BCUT2D eigenvalue weighted by Crippen LogP contribution is -2.49. The van der Waals surface area contributed by atoms with Crippen LogP contribution in [0.3, 0.4) is 0 Å². The average molecular weight is 268 g/mol. The molecule has 104 valence electrons. The summed E-state index contributed by atoms with van der Waals surface area (Å²) >= 11 is 0. The molecule has 19 heavy (non-hydrogen) atoms. The number of H-pyrrole nitrogens is 1. The van der Waals surface area contributed by atoms with Crippen LogP contribution in [0.2, 0.25) is 0 Å². The second-order valence-electron chi connectivity index (χ2n) is 4.30. The summed E-state index contributed by atoms with van der Waals surface area (Å²) in [5.41, 5.74) is 0.878. The molecule has 1 fully saturated rings. The number of carboxylic acid groups (broad SMARTS) is 1. The lowest BCUT2D eigenvalue weighted by atomic mass is 10.2. The number of aliphatic carboxylic acids is 1. The van der Waals surface area contributed by atoms with Crippen LogP contribution in [0.15, 0.2) is 12.4 Å². The number of hydrogen-bond donors (Lipinski definition) is 3. The van der Waals surface area contributed by atoms with E-state index in [4.69, 9.17) is 9.84 Å². The number of nitrogens with zero attached hydrogens (tertiary/aromatic N) is 2. The first-order valence-corrected chi connectivity index (χ1v) is 5.99. The maximum absolute atomic E-state index is 11.9. The molecule has 1 aromatic rings. The number of carboxylic acids is 1. The van der Waals surface area contributed by atoms with E-state index in [1.54, 1.807) is 17.3 Å². The Balaban J connectivity index is 1.79. The SMILES string of the molecule is O=C(O)CC1CN(C(=O)NCc2cn[nH]c2)CCO1. The molecule has 0 saturated carbocycles. The van der Waals surface area contributed by atoms with E-state index in [-0.39, 0.29) is 12.5 Å². The fourth-order valence-corrected chi connectivity index (χ4v) is 1.89. The van der Waals surface area contributed by atoms with Crippen molar-refractivity contribution in [3.8, 4) is 0 Å². The van der Waals surface area contributed by atoms with Crippen LogP contribution in [-0.4, -0.2) is 58.0 Å². The lowest BCUT2D eigenvalue weighted by Gasteiger charge is -2.32. The number of morpholine rings is 1. The number of amides is 2. The van der Waals surface area contributed by atoms with Crippen LogP contribution in [-0.2, 0) is 16.1 Å². The van der Waals surface area contributed by atoms with Gasteiger partial charge in [0.25, 0.3) is 0 Å². The highest BCUT2D eigenvalue weighted by Crippen LogP contribution is 2.09. The molecule has 1 aliphatic heterocycles. The third-order valence-corrected chi connectivity index (χ3v) is 2.83. The number of aromatic amines is 1. The van der Waals surface area contributed by atoms with Gasteiger partial charge in [0.05, 0.1) is 25.3 Å². The number of aromatic nitrogens is 2. The quantitative estimate of drug-likeness (QED) is 0.700. The molecule has 8 heteroatoms. The minimum absolute atomic E-state index is 0.0918. The van der Waals surface area contributed by atoms with Crippen molar-refractivity contribution in [1.29, 1.82) is 0 Å². The van der Waals surface area contributed by atoms with Crippen LogP contribution in [0.5, 0.6) is 0 Å². The van der Waals surface area contributed by atoms with Crippen LogP contribution in [0.4, 0.5) is 4.79 Å². The second-order valence-corrected chi connectivity index (χ2v) is 4.30. The van der Waals surface area contributed by atoms with E-state index in [9.17, 15) is 9.59 Å². The summed E-state index contributed by atoms with van der Waals surface area (Å²) < 4.78 is 5.30. The summed E-state index contributed by atoms with van der Waals surface area (Å²) in [6.07, 6.45) is 2.80. The maximum Gasteiger partial charge on any atom is 0.317 e. The Labute approximate surface area is 109 Å². The summed E-state index contributed by atoms with van der Waals surface area (Å²) in [6.45, 7) is 1.50. The second kappa shape index (κ2) is 6.19. The first kappa shape index (κ1) is 13.3. The zero-order valence-electron chi connectivity index (χ0n) is 10.3. The Morgan fingerprint density at radius 1 is 1.63 bits per heavy atom. The molecule has 8 nitrogen and oxygen atoms in total. The van der Waals surface area contributed by atoms with E-state index < -0.39 is 12.1 Å². The van der Waals surface area contributed by atoms with Crippen LogP contribution in [0.1, 0.15) is 12.0 Å². The predicted octanol–water partition coefficient (Wildman–Crippen LogP) is -0.205. The Kier molecular flexibility index (Phi) is 4.35. The average Bonchev–Trinajstić information content (AvgIpc) is 2.88. The van der Waals surface area contributed by atoms with Crippen molar-refractivity contribution >= 4 is 12.0 Å². The number of carbonyl (C=O) groups excluding carboxylic acids is 1. The smallest absolute Gasteiger partial charge is 0.317 e. The number of nitrogens with one attached hydrogen (secondary N) is 2. The van der Waals surface area contributed by atoms with E-state index in [1.165, 1.54) is 0 Å². The Hall–Kier alpha value is -2.09. The van der Waals surface area contributed by atoms with Gasteiger partial charge >= 0.3 is 12.0 Å². The number of hydrogen-bond acceptors (Lipinski definition) is 4. The molecule has 3 N–H and O–H groups in total. The van der Waals surface area contributed by atoms with Gasteiger partial charge in [-0.15, -0.1) is 0 Å². The van der Waals surface area contributed by atoms with Gasteiger partial charge in [0, 0.05) is 31.4 Å². The minimum Gasteiger partial charge on any atom is -0.481 e. The molecule has 1 unspecified atom stereocenters. The molecule has 0 aromatic carbocycles. The summed E-state index contributed by atoms with van der Waals surface area (Å²) in [5, 5.41) is 17.9. The van der Waals surface area contributed by atoms with Gasteiger partial charge in [-0.05, 0) is 0 Å². The third kappa shape index (κ3) is 3.95. The molecule has 2 rings (SSSR count). The molecule has 2 heterocycles. The predicted molar refractivity (Wildman–Crippen MR) is 64.4 cm³/mol. The number of rotatable bonds is 4. The van der Waals surface area contributed by atoms with E-state index >= 15 is 0 Å². The third-order valence-electron chi connectivity index (χ3n) is 2.83. The van der Waals surface area contributed by atoms with Crippen molar-refractivity contribution in [2.24, 2.45) is 0 Å². The molecular weight excluding hydrogens is 252 g/mol. The molecule has 0 spiro atoms. The number of urea groups is 1. The summed E-state index contributed by atoms with van der Waals surface area (Å²) in [5.74, 6) is -0.925. The van der Waals surface area contributed by atoms with Gasteiger partial charge in [-0.2, -0.15) is 5.10 Å². The monoisotopic (exact) mass is 268 g/mol. The fourth-order valence-electron chi connectivity index (χ4n) is 1.89. The number of ether oxygens (including phenoxy) is 1. The molecule has 2 amide bonds. The summed E-state index contributed by atoms with van der Waals surface area (Å²) in [6, 6.07) is -0.222. The number of carbonyl (C=O) groups is 2. The largest absolute Gasteiger partial charge is 0.481 e. The highest BCUT2D eigenvalue weighted by atomic mass is 16.5. The van der Waals surface area contributed by atoms with Gasteiger partial charge in [-0.3, -0.25) is 9.89 Å². The van der Waals surface area contributed by atoms with E-state index in [2.05, 4.69) is 15.5 Å². The van der Waals surface area contributed by atoms with Crippen molar-refractivity contribution in [3.05, 3.63) is 18.0 Å². The van der Waals surface area contributed by atoms with Crippen molar-refractivity contribution < 1.29 is 19.4 Å². The molecule has 0 bridgehead atoms. The molecule has 0 aliphatic carbocycles. The van der Waals surface area contributed by atoms with Gasteiger partial charge < -0.3 is 20.1 Å². The van der Waals surface area contributed by atoms with Crippen LogP contribution in [0, 0.1) is 0 Å². The topological polar surface area (TPSA) is 108 Å². The molecule has 1 aliphatic rings. The van der Waals surface area contributed by atoms with Gasteiger partial charge in [-0.1, -0.05) is 0 Å². The van der Waals surface area contributed by atoms with E-state index in [0.717, 1.165) is 5.56 Å². The minimum atomic E-state index is -0.925. The van der Waals surface area contributed by atoms with Gasteiger partial charge in [0.2, 0.25) is 0 Å². The van der Waals surface area contributed by atoms with Crippen LogP contribution in [0.25, 0.3) is 0 Å². The maximum atomic E-state index is 11.9. The van der Waals surface area contributed by atoms with Crippen molar-refractivity contribution in [1.82, 2.24) is 20.4 Å². The van der Waals surface area contributed by atoms with Crippen LogP contribution >= 0.6 is 0 Å². The highest BCUT2D eigenvalue weighted by Gasteiger charge is 2.25. The lowest BCUT2D eigenvalue weighted by molar-refractivity contribution is -0.141. The summed E-state index contributed by atoms with van der Waals surface area (Å²) in [7, 11) is 0. The van der Waals surface area contributed by atoms with Crippen molar-refractivity contribution in [2.45, 2.75) is 19.1 Å². The first-order chi connectivity index (χ1) is 9.15. The van der Waals surface area contributed by atoms with Crippen molar-refractivity contribution in [2.75, 3.05) is 19.7 Å². The van der Waals surface area contributed by atoms with E-state index in [1.807, 2.05) is 0 Å².